The van der Waals surface area contributed by atoms with Gasteiger partial charge >= 0.3 is 0 Å². The highest BCUT2D eigenvalue weighted by Crippen LogP contribution is 2.33. The van der Waals surface area contributed by atoms with Crippen molar-refractivity contribution in [2.24, 2.45) is 17.6 Å². The maximum atomic E-state index is 12.5. The van der Waals surface area contributed by atoms with Crippen LogP contribution in [0.1, 0.15) is 19.3 Å². The number of anilines is 1. The summed E-state index contributed by atoms with van der Waals surface area (Å²) in [5.41, 5.74) is 6.73. The monoisotopic (exact) mass is 314 g/mol. The van der Waals surface area contributed by atoms with Crippen LogP contribution in [0, 0.1) is 11.8 Å². The van der Waals surface area contributed by atoms with Gasteiger partial charge < -0.3 is 10.6 Å². The number of hydrogen-bond acceptors (Lipinski definition) is 3. The zero-order valence-electron chi connectivity index (χ0n) is 12.0. The number of thioether (sulfide) groups is 1. The molecule has 20 heavy (non-hydrogen) atoms. The smallest absolute Gasteiger partial charge is 0.230 e. The number of carbonyl (C=O) groups is 1. The van der Waals surface area contributed by atoms with Crippen molar-refractivity contribution >= 4 is 35.8 Å². The molecule has 0 bridgehead atoms. The minimum Gasteiger partial charge on any atom is -0.330 e. The highest BCUT2D eigenvalue weighted by atomic mass is 35.5. The molecule has 2 atom stereocenters. The number of hydrogen-bond donors (Lipinski definition) is 1. The third-order valence-corrected chi connectivity index (χ3v) is 4.81. The molecule has 1 aromatic rings. The Bertz CT molecular complexity index is 438. The van der Waals surface area contributed by atoms with Gasteiger partial charge in [-0.05, 0) is 55.8 Å². The number of halogens is 1. The second-order valence-corrected chi connectivity index (χ2v) is 6.01. The number of rotatable bonds is 4. The Kier molecular flexibility index (Phi) is 6.86. The summed E-state index contributed by atoms with van der Waals surface area (Å²) in [6.45, 7) is 0.621. The average molecular weight is 315 g/mol. The quantitative estimate of drug-likeness (QED) is 0.868. The number of benzene rings is 1. The molecule has 1 amide bonds. The second kappa shape index (κ2) is 7.91. The van der Waals surface area contributed by atoms with Gasteiger partial charge in [0.05, 0.1) is 0 Å². The molecule has 2 rings (SSSR count). The lowest BCUT2D eigenvalue weighted by molar-refractivity contribution is -0.123. The summed E-state index contributed by atoms with van der Waals surface area (Å²) in [6, 6.07) is 8.13. The van der Waals surface area contributed by atoms with Gasteiger partial charge in [-0.15, -0.1) is 24.2 Å². The molecule has 0 radical (unpaired) electrons. The molecule has 1 aromatic carbocycles. The van der Waals surface area contributed by atoms with Crippen LogP contribution in [0.25, 0.3) is 0 Å². The lowest BCUT2D eigenvalue weighted by atomic mass is 9.95. The Balaban J connectivity index is 0.00000200. The zero-order valence-corrected chi connectivity index (χ0v) is 13.7. The van der Waals surface area contributed by atoms with E-state index in [-0.39, 0.29) is 24.2 Å². The van der Waals surface area contributed by atoms with Crippen molar-refractivity contribution in [2.75, 3.05) is 24.7 Å². The summed E-state index contributed by atoms with van der Waals surface area (Å²) in [7, 11) is 1.86. The van der Waals surface area contributed by atoms with Crippen molar-refractivity contribution in [1.29, 1.82) is 0 Å². The van der Waals surface area contributed by atoms with Gasteiger partial charge in [-0.3, -0.25) is 4.79 Å². The van der Waals surface area contributed by atoms with Crippen molar-refractivity contribution in [3.05, 3.63) is 24.3 Å². The summed E-state index contributed by atoms with van der Waals surface area (Å²) in [4.78, 5) is 15.5. The van der Waals surface area contributed by atoms with Gasteiger partial charge in [0.2, 0.25) is 5.91 Å². The van der Waals surface area contributed by atoms with Gasteiger partial charge in [0, 0.05) is 23.5 Å². The van der Waals surface area contributed by atoms with Gasteiger partial charge in [0.25, 0.3) is 0 Å². The Morgan fingerprint density at radius 2 is 2.00 bits per heavy atom. The second-order valence-electron chi connectivity index (χ2n) is 5.13. The van der Waals surface area contributed by atoms with Crippen molar-refractivity contribution in [3.63, 3.8) is 0 Å². The molecule has 0 aliphatic heterocycles. The molecule has 5 heteroatoms. The molecule has 0 saturated heterocycles. The predicted octanol–water partition coefficient (Wildman–Crippen LogP) is 3.17. The Morgan fingerprint density at radius 1 is 1.35 bits per heavy atom. The fourth-order valence-electron chi connectivity index (χ4n) is 2.83. The van der Waals surface area contributed by atoms with Crippen molar-refractivity contribution < 1.29 is 4.79 Å². The van der Waals surface area contributed by atoms with E-state index in [1.54, 1.807) is 16.7 Å². The number of carbonyl (C=O) groups excluding carboxylic acids is 1. The lowest BCUT2D eigenvalue weighted by Crippen LogP contribution is -2.36. The average Bonchev–Trinajstić information content (AvgIpc) is 2.94. The molecule has 112 valence electrons. The summed E-state index contributed by atoms with van der Waals surface area (Å²) < 4.78 is 0. The minimum absolute atomic E-state index is 0. The van der Waals surface area contributed by atoms with E-state index >= 15 is 0 Å². The molecule has 1 saturated carbocycles. The van der Waals surface area contributed by atoms with E-state index in [9.17, 15) is 4.79 Å². The van der Waals surface area contributed by atoms with Crippen LogP contribution in [0.4, 0.5) is 5.69 Å². The van der Waals surface area contributed by atoms with Gasteiger partial charge in [0.1, 0.15) is 0 Å². The highest BCUT2D eigenvalue weighted by Gasteiger charge is 2.33. The van der Waals surface area contributed by atoms with E-state index in [1.807, 2.05) is 25.4 Å². The maximum absolute atomic E-state index is 12.5. The standard InChI is InChI=1S/C15H22N2OS.ClH/c1-17(12-6-8-13(19-2)9-7-12)15(18)14-5-3-4-11(14)10-16;/h6-9,11,14H,3-5,10,16H2,1-2H3;1H/t11-,14-;/m1./s1. The molecule has 1 aliphatic rings. The summed E-state index contributed by atoms with van der Waals surface area (Å²) in [5.74, 6) is 0.681. The van der Waals surface area contributed by atoms with E-state index in [1.165, 1.54) is 4.90 Å². The van der Waals surface area contributed by atoms with Gasteiger partial charge in [-0.1, -0.05) is 6.42 Å². The molecular weight excluding hydrogens is 292 g/mol. The number of amides is 1. The molecule has 3 nitrogen and oxygen atoms in total. The highest BCUT2D eigenvalue weighted by molar-refractivity contribution is 7.98. The molecule has 0 heterocycles. The van der Waals surface area contributed by atoms with E-state index in [2.05, 4.69) is 12.1 Å². The molecule has 1 aliphatic carbocycles. The number of nitrogens with zero attached hydrogens (tertiary/aromatic N) is 1. The summed E-state index contributed by atoms with van der Waals surface area (Å²) in [5, 5.41) is 0. The molecule has 1 fully saturated rings. The minimum atomic E-state index is 0. The van der Waals surface area contributed by atoms with Crippen LogP contribution in [-0.4, -0.2) is 25.8 Å². The molecular formula is C15H23ClN2OS. The topological polar surface area (TPSA) is 46.3 Å². The lowest BCUT2D eigenvalue weighted by Gasteiger charge is -2.24. The van der Waals surface area contributed by atoms with Crippen LogP contribution in [0.2, 0.25) is 0 Å². The largest absolute Gasteiger partial charge is 0.330 e. The van der Waals surface area contributed by atoms with E-state index < -0.39 is 0 Å². The normalized spacial score (nSPS) is 21.4. The first kappa shape index (κ1) is 17.3. The summed E-state index contributed by atoms with van der Waals surface area (Å²) >= 11 is 1.71. The van der Waals surface area contributed by atoms with Crippen molar-refractivity contribution in [2.45, 2.75) is 24.2 Å². The Hall–Kier alpha value is -0.710. The van der Waals surface area contributed by atoms with E-state index in [0.29, 0.717) is 12.5 Å². The predicted molar refractivity (Wildman–Crippen MR) is 88.8 cm³/mol. The third-order valence-electron chi connectivity index (χ3n) is 4.07. The molecule has 0 aromatic heterocycles. The van der Waals surface area contributed by atoms with Gasteiger partial charge in [0.15, 0.2) is 0 Å². The van der Waals surface area contributed by atoms with Gasteiger partial charge in [-0.25, -0.2) is 0 Å². The van der Waals surface area contributed by atoms with Crippen LogP contribution in [0.15, 0.2) is 29.2 Å². The molecule has 0 spiro atoms. The van der Waals surface area contributed by atoms with Crippen LogP contribution in [0.3, 0.4) is 0 Å². The first-order valence-electron chi connectivity index (χ1n) is 6.79. The Labute approximate surface area is 131 Å². The Morgan fingerprint density at radius 3 is 2.55 bits per heavy atom. The van der Waals surface area contributed by atoms with Crippen LogP contribution >= 0.6 is 24.2 Å². The van der Waals surface area contributed by atoms with Crippen LogP contribution in [-0.2, 0) is 4.79 Å². The van der Waals surface area contributed by atoms with Crippen LogP contribution < -0.4 is 10.6 Å². The molecule has 2 N–H and O–H groups in total. The van der Waals surface area contributed by atoms with E-state index in [4.69, 9.17) is 5.73 Å². The SMILES string of the molecule is CSc1ccc(N(C)C(=O)[C@@H]2CCC[C@@H]2CN)cc1.Cl. The fraction of sp³-hybridized carbons (Fsp3) is 0.533. The molecule has 0 unspecified atom stereocenters. The first-order chi connectivity index (χ1) is 9.17. The summed E-state index contributed by atoms with van der Waals surface area (Å²) in [6.07, 6.45) is 5.24. The van der Waals surface area contributed by atoms with Gasteiger partial charge in [-0.2, -0.15) is 0 Å². The fourth-order valence-corrected chi connectivity index (χ4v) is 3.23. The van der Waals surface area contributed by atoms with Crippen molar-refractivity contribution in [3.8, 4) is 0 Å². The zero-order chi connectivity index (χ0) is 13.8. The van der Waals surface area contributed by atoms with E-state index in [0.717, 1.165) is 24.9 Å². The van der Waals surface area contributed by atoms with Crippen molar-refractivity contribution in [1.82, 2.24) is 0 Å². The maximum Gasteiger partial charge on any atom is 0.230 e. The first-order valence-corrected chi connectivity index (χ1v) is 8.01. The van der Waals surface area contributed by atoms with Crippen LogP contribution in [0.5, 0.6) is 0 Å². The number of nitrogens with two attached hydrogens (primary N) is 1. The third kappa shape index (κ3) is 3.68.